The number of aliphatic hydroxyl groups is 1. The summed E-state index contributed by atoms with van der Waals surface area (Å²) in [6.07, 6.45) is -3.51. The van der Waals surface area contributed by atoms with Crippen LogP contribution < -0.4 is 0 Å². The number of halogens is 3. The van der Waals surface area contributed by atoms with Gasteiger partial charge in [0.05, 0.1) is 30.5 Å². The summed E-state index contributed by atoms with van der Waals surface area (Å²) in [4.78, 5) is 16.4. The average molecular weight is 485 g/mol. The molecule has 2 atom stereocenters. The van der Waals surface area contributed by atoms with Crippen molar-refractivity contribution in [3.63, 3.8) is 0 Å². The Kier molecular flexibility index (Phi) is 6.27. The number of carbonyl (C=O) groups is 1. The van der Waals surface area contributed by atoms with Crippen molar-refractivity contribution in [2.75, 3.05) is 26.2 Å². The Bertz CT molecular complexity index is 1160. The molecule has 184 valence electrons. The first-order valence-electron chi connectivity index (χ1n) is 11.7. The van der Waals surface area contributed by atoms with Gasteiger partial charge < -0.3 is 14.9 Å². The molecule has 5 rings (SSSR count). The highest BCUT2D eigenvalue weighted by molar-refractivity contribution is 5.75. The maximum absolute atomic E-state index is 13.1. The molecule has 0 saturated carbocycles. The molecule has 0 radical (unpaired) electrons. The van der Waals surface area contributed by atoms with Gasteiger partial charge in [-0.1, -0.05) is 42.5 Å². The summed E-state index contributed by atoms with van der Waals surface area (Å²) in [5.41, 5.74) is 3.04. The second-order valence-corrected chi connectivity index (χ2v) is 9.48. The van der Waals surface area contributed by atoms with Gasteiger partial charge in [0.2, 0.25) is 0 Å². The van der Waals surface area contributed by atoms with Crippen LogP contribution in [0.1, 0.15) is 46.3 Å². The van der Waals surface area contributed by atoms with Gasteiger partial charge in [-0.05, 0) is 35.7 Å². The van der Waals surface area contributed by atoms with Crippen molar-refractivity contribution in [2.45, 2.75) is 37.0 Å². The van der Waals surface area contributed by atoms with Crippen LogP contribution in [0.4, 0.5) is 18.0 Å². The van der Waals surface area contributed by atoms with Crippen LogP contribution in [0.2, 0.25) is 0 Å². The number of likely N-dealkylation sites (tertiary alicyclic amines) is 2. The number of benzene rings is 2. The van der Waals surface area contributed by atoms with E-state index in [1.807, 2.05) is 36.4 Å². The van der Waals surface area contributed by atoms with E-state index in [4.69, 9.17) is 0 Å². The third-order valence-corrected chi connectivity index (χ3v) is 6.87. The Balaban J connectivity index is 1.37. The minimum Gasteiger partial charge on any atom is -0.389 e. The van der Waals surface area contributed by atoms with Crippen molar-refractivity contribution in [1.29, 1.82) is 0 Å². The number of aliphatic hydroxyl groups excluding tert-OH is 1. The van der Waals surface area contributed by atoms with Gasteiger partial charge in [0, 0.05) is 37.0 Å². The van der Waals surface area contributed by atoms with Gasteiger partial charge in [-0.15, -0.1) is 0 Å². The van der Waals surface area contributed by atoms with E-state index in [2.05, 4.69) is 10.2 Å². The molecule has 0 spiro atoms. The standard InChI is InChI=1S/C26H27F3N4O2/c27-26(28,29)21-8-6-18(7-9-21)19-11-20(14-32(13-19)25(35)33-15-23(34)16-33)24-12-22(30-31-24)10-17-4-2-1-3-5-17/h1-9,12,19-20,23,34H,10-11,13-16H2,(H,30,31). The van der Waals surface area contributed by atoms with Crippen LogP contribution in [0.3, 0.4) is 0 Å². The summed E-state index contributed by atoms with van der Waals surface area (Å²) in [7, 11) is 0. The maximum atomic E-state index is 13.1. The van der Waals surface area contributed by atoms with Gasteiger partial charge in [0.25, 0.3) is 0 Å². The first-order valence-corrected chi connectivity index (χ1v) is 11.7. The van der Waals surface area contributed by atoms with E-state index in [1.54, 1.807) is 9.80 Å². The average Bonchev–Trinajstić information content (AvgIpc) is 3.30. The highest BCUT2D eigenvalue weighted by atomic mass is 19.4. The molecule has 3 aromatic rings. The van der Waals surface area contributed by atoms with Gasteiger partial charge in [-0.25, -0.2) is 4.79 Å². The van der Waals surface area contributed by atoms with Gasteiger partial charge in [0.1, 0.15) is 0 Å². The lowest BCUT2D eigenvalue weighted by atomic mass is 9.82. The molecule has 6 nitrogen and oxygen atoms in total. The van der Waals surface area contributed by atoms with Crippen molar-refractivity contribution >= 4 is 6.03 Å². The van der Waals surface area contributed by atoms with Crippen molar-refractivity contribution < 1.29 is 23.1 Å². The van der Waals surface area contributed by atoms with Gasteiger partial charge >= 0.3 is 12.2 Å². The minimum absolute atomic E-state index is 0.0630. The first-order chi connectivity index (χ1) is 16.8. The topological polar surface area (TPSA) is 72.5 Å². The molecule has 2 saturated heterocycles. The molecule has 35 heavy (non-hydrogen) atoms. The van der Waals surface area contributed by atoms with Crippen LogP contribution in [-0.4, -0.2) is 63.4 Å². The van der Waals surface area contributed by atoms with E-state index in [-0.39, 0.29) is 17.9 Å². The summed E-state index contributed by atoms with van der Waals surface area (Å²) in [6.45, 7) is 1.48. The molecule has 0 bridgehead atoms. The summed E-state index contributed by atoms with van der Waals surface area (Å²) in [5.74, 6) is -0.188. The Morgan fingerprint density at radius 2 is 1.63 bits per heavy atom. The monoisotopic (exact) mass is 484 g/mol. The van der Waals surface area contributed by atoms with Crippen LogP contribution in [0.15, 0.2) is 60.7 Å². The zero-order chi connectivity index (χ0) is 24.6. The molecular weight excluding hydrogens is 457 g/mol. The molecule has 1 aromatic heterocycles. The Labute approximate surface area is 201 Å². The number of aromatic nitrogens is 2. The highest BCUT2D eigenvalue weighted by Gasteiger charge is 2.38. The zero-order valence-corrected chi connectivity index (χ0v) is 19.1. The fraction of sp³-hybridized carbons (Fsp3) is 0.385. The fourth-order valence-electron chi connectivity index (χ4n) is 4.96. The molecule has 2 aliphatic heterocycles. The van der Waals surface area contributed by atoms with Crippen molar-refractivity contribution in [1.82, 2.24) is 20.0 Å². The number of nitrogens with zero attached hydrogens (tertiary/aromatic N) is 3. The number of hydrogen-bond acceptors (Lipinski definition) is 3. The molecule has 3 heterocycles. The van der Waals surface area contributed by atoms with Crippen molar-refractivity contribution in [3.05, 3.63) is 88.7 Å². The molecule has 2 fully saturated rings. The number of amides is 2. The largest absolute Gasteiger partial charge is 0.416 e. The molecule has 2 N–H and O–H groups in total. The zero-order valence-electron chi connectivity index (χ0n) is 19.1. The second-order valence-electron chi connectivity index (χ2n) is 9.48. The number of piperidine rings is 1. The second kappa shape index (κ2) is 9.37. The fourth-order valence-corrected chi connectivity index (χ4v) is 4.96. The van der Waals surface area contributed by atoms with Crippen molar-refractivity contribution in [3.8, 4) is 0 Å². The predicted molar refractivity (Wildman–Crippen MR) is 124 cm³/mol. The lowest BCUT2D eigenvalue weighted by Gasteiger charge is -2.43. The van der Waals surface area contributed by atoms with Gasteiger partial charge in [0.15, 0.2) is 0 Å². The van der Waals surface area contributed by atoms with Crippen LogP contribution in [0, 0.1) is 0 Å². The summed E-state index contributed by atoms with van der Waals surface area (Å²) < 4.78 is 39.1. The lowest BCUT2D eigenvalue weighted by Crippen LogP contribution is -2.59. The number of aromatic amines is 1. The van der Waals surface area contributed by atoms with Gasteiger partial charge in [-0.3, -0.25) is 5.10 Å². The van der Waals surface area contributed by atoms with Crippen LogP contribution in [-0.2, 0) is 12.6 Å². The first kappa shape index (κ1) is 23.4. The molecule has 0 aliphatic carbocycles. The number of carbonyl (C=O) groups excluding carboxylic acids is 1. The number of urea groups is 1. The molecule has 9 heteroatoms. The molecule has 2 unspecified atom stereocenters. The van der Waals surface area contributed by atoms with Crippen LogP contribution >= 0.6 is 0 Å². The smallest absolute Gasteiger partial charge is 0.389 e. The Morgan fingerprint density at radius 3 is 2.29 bits per heavy atom. The molecule has 2 aromatic carbocycles. The Hall–Kier alpha value is -3.33. The van der Waals surface area contributed by atoms with E-state index in [0.29, 0.717) is 39.0 Å². The van der Waals surface area contributed by atoms with Gasteiger partial charge in [-0.2, -0.15) is 18.3 Å². The van der Waals surface area contributed by atoms with E-state index in [9.17, 15) is 23.1 Å². The normalized spacial score (nSPS) is 21.1. The SMILES string of the molecule is O=C(N1CC(O)C1)N1CC(c2ccc(C(F)(F)F)cc2)CC(c2cc(Cc3ccccc3)[nH]n2)C1. The lowest BCUT2D eigenvalue weighted by molar-refractivity contribution is -0.137. The Morgan fingerprint density at radius 1 is 0.971 bits per heavy atom. The minimum atomic E-state index is -4.39. The quantitative estimate of drug-likeness (QED) is 0.577. The predicted octanol–water partition coefficient (Wildman–Crippen LogP) is 4.39. The van der Waals surface area contributed by atoms with E-state index < -0.39 is 17.8 Å². The van der Waals surface area contributed by atoms with E-state index in [0.717, 1.165) is 34.6 Å². The highest BCUT2D eigenvalue weighted by Crippen LogP contribution is 2.37. The number of hydrogen-bond donors (Lipinski definition) is 2. The van der Waals surface area contributed by atoms with Crippen LogP contribution in [0.25, 0.3) is 0 Å². The third-order valence-electron chi connectivity index (χ3n) is 6.87. The van der Waals surface area contributed by atoms with E-state index in [1.165, 1.54) is 12.1 Å². The van der Waals surface area contributed by atoms with Crippen LogP contribution in [0.5, 0.6) is 0 Å². The number of rotatable bonds is 4. The number of nitrogens with one attached hydrogen (secondary N) is 1. The number of H-pyrrole nitrogens is 1. The summed E-state index contributed by atoms with van der Waals surface area (Å²) >= 11 is 0. The molecule has 2 aliphatic rings. The molecular formula is C26H27F3N4O2. The number of β-amino-alcohol motifs (C(OH)–C–C–N with tert-alkyl or cyclic N) is 1. The summed E-state index contributed by atoms with van der Waals surface area (Å²) in [6, 6.07) is 17.1. The third kappa shape index (κ3) is 5.19. The maximum Gasteiger partial charge on any atom is 0.416 e. The molecule has 2 amide bonds. The summed E-state index contributed by atoms with van der Waals surface area (Å²) in [5, 5.41) is 17.3. The van der Waals surface area contributed by atoms with Crippen molar-refractivity contribution in [2.24, 2.45) is 0 Å². The number of alkyl halides is 3. The van der Waals surface area contributed by atoms with E-state index >= 15 is 0 Å².